The van der Waals surface area contributed by atoms with E-state index < -0.39 is 0 Å². The van der Waals surface area contributed by atoms with Crippen LogP contribution in [-0.2, 0) is 11.3 Å². The molecule has 1 aromatic rings. The van der Waals surface area contributed by atoms with Crippen LogP contribution in [0.15, 0.2) is 6.07 Å². The summed E-state index contributed by atoms with van der Waals surface area (Å²) in [7, 11) is 0. The smallest absolute Gasteiger partial charge is 0.219 e. The highest BCUT2D eigenvalue weighted by molar-refractivity contribution is 5.77. The van der Waals surface area contributed by atoms with Crippen LogP contribution in [0.2, 0.25) is 0 Å². The van der Waals surface area contributed by atoms with Crippen LogP contribution in [0.5, 0.6) is 0 Å². The van der Waals surface area contributed by atoms with Crippen molar-refractivity contribution < 1.29 is 9.59 Å². The largest absolute Gasteiger partial charge is 0.370 e. The third kappa shape index (κ3) is 2.02. The van der Waals surface area contributed by atoms with E-state index in [0.717, 1.165) is 17.7 Å². The van der Waals surface area contributed by atoms with Gasteiger partial charge in [-0.15, -0.1) is 0 Å². The minimum atomic E-state index is -0.329. The van der Waals surface area contributed by atoms with Crippen molar-refractivity contribution in [3.63, 3.8) is 0 Å². The molecule has 1 aromatic heterocycles. The summed E-state index contributed by atoms with van der Waals surface area (Å²) in [4.78, 5) is 21.2. The lowest BCUT2D eigenvalue weighted by Gasteiger charge is -2.07. The van der Waals surface area contributed by atoms with Gasteiger partial charge in [-0.1, -0.05) is 0 Å². The predicted molar refractivity (Wildman–Crippen MR) is 53.1 cm³/mol. The fraction of sp³-hybridized carbons (Fsp3) is 0.400. The van der Waals surface area contributed by atoms with Crippen LogP contribution in [0.4, 0.5) is 0 Å². The first-order valence-corrected chi connectivity index (χ1v) is 4.46. The lowest BCUT2D eigenvalue weighted by atomic mass is 10.3. The molecule has 0 saturated heterocycles. The normalized spacial score (nSPS) is 10.1. The number of aryl methyl sites for hydroxylation is 1. The van der Waals surface area contributed by atoms with Crippen LogP contribution in [0.3, 0.4) is 0 Å². The van der Waals surface area contributed by atoms with Gasteiger partial charge in [0.25, 0.3) is 0 Å². The second-order valence-corrected chi connectivity index (χ2v) is 3.31. The average Bonchev–Trinajstić information content (AvgIpc) is 2.39. The van der Waals surface area contributed by atoms with Crippen LogP contribution in [-0.4, -0.2) is 16.8 Å². The number of carbonyl (C=O) groups is 2. The molecule has 0 aliphatic carbocycles. The Kier molecular flexibility index (Phi) is 3.06. The molecule has 4 heteroatoms. The third-order valence-corrected chi connectivity index (χ3v) is 2.32. The van der Waals surface area contributed by atoms with Gasteiger partial charge in [0.1, 0.15) is 0 Å². The number of nitrogens with two attached hydrogens (primary N) is 1. The van der Waals surface area contributed by atoms with E-state index >= 15 is 0 Å². The summed E-state index contributed by atoms with van der Waals surface area (Å²) in [6.07, 6.45) is 1.12. The topological polar surface area (TPSA) is 65.1 Å². The highest BCUT2D eigenvalue weighted by Gasteiger charge is 2.08. The first kappa shape index (κ1) is 10.5. The van der Waals surface area contributed by atoms with Crippen molar-refractivity contribution in [2.75, 3.05) is 0 Å². The average molecular weight is 194 g/mol. The molecule has 1 amide bonds. The van der Waals surface area contributed by atoms with Crippen molar-refractivity contribution in [1.82, 2.24) is 4.57 Å². The second-order valence-electron chi connectivity index (χ2n) is 3.31. The molecule has 1 heterocycles. The van der Waals surface area contributed by atoms with Crippen molar-refractivity contribution >= 4 is 12.2 Å². The van der Waals surface area contributed by atoms with Gasteiger partial charge in [0.05, 0.1) is 0 Å². The number of aromatic nitrogens is 1. The maximum Gasteiger partial charge on any atom is 0.219 e. The van der Waals surface area contributed by atoms with Gasteiger partial charge in [-0.2, -0.15) is 0 Å². The van der Waals surface area contributed by atoms with Gasteiger partial charge in [-0.05, 0) is 19.9 Å². The number of rotatable bonds is 4. The third-order valence-electron chi connectivity index (χ3n) is 2.32. The van der Waals surface area contributed by atoms with E-state index in [1.54, 1.807) is 0 Å². The molecule has 0 saturated carbocycles. The van der Waals surface area contributed by atoms with Gasteiger partial charge < -0.3 is 10.3 Å². The van der Waals surface area contributed by atoms with Gasteiger partial charge in [0.2, 0.25) is 5.91 Å². The van der Waals surface area contributed by atoms with E-state index in [9.17, 15) is 9.59 Å². The SMILES string of the molecule is Cc1cc(C=O)c(C)n1CCC(N)=O. The van der Waals surface area contributed by atoms with Gasteiger partial charge >= 0.3 is 0 Å². The van der Waals surface area contributed by atoms with Crippen molar-refractivity contribution in [2.45, 2.75) is 26.8 Å². The minimum absolute atomic E-state index is 0.300. The van der Waals surface area contributed by atoms with Crippen LogP contribution < -0.4 is 5.73 Å². The Hall–Kier alpha value is -1.58. The van der Waals surface area contributed by atoms with E-state index in [2.05, 4.69) is 0 Å². The summed E-state index contributed by atoms with van der Waals surface area (Å²) >= 11 is 0. The molecule has 0 radical (unpaired) electrons. The van der Waals surface area contributed by atoms with Crippen molar-refractivity contribution in [3.8, 4) is 0 Å². The van der Waals surface area contributed by atoms with E-state index in [1.807, 2.05) is 24.5 Å². The Morgan fingerprint density at radius 3 is 2.64 bits per heavy atom. The molecule has 76 valence electrons. The molecule has 0 atom stereocenters. The summed E-state index contributed by atoms with van der Waals surface area (Å²) < 4.78 is 1.93. The van der Waals surface area contributed by atoms with Gasteiger partial charge in [-0.25, -0.2) is 0 Å². The summed E-state index contributed by atoms with van der Waals surface area (Å²) in [5.74, 6) is -0.329. The molecule has 0 bridgehead atoms. The van der Waals surface area contributed by atoms with Crippen molar-refractivity contribution in [3.05, 3.63) is 23.0 Å². The molecule has 0 unspecified atom stereocenters. The summed E-state index contributed by atoms with van der Waals surface area (Å²) in [6.45, 7) is 4.31. The molecule has 2 N–H and O–H groups in total. The zero-order valence-corrected chi connectivity index (χ0v) is 8.41. The first-order valence-electron chi connectivity index (χ1n) is 4.46. The number of primary amides is 1. The van der Waals surface area contributed by atoms with E-state index in [0.29, 0.717) is 18.5 Å². The number of nitrogens with zero attached hydrogens (tertiary/aromatic N) is 1. The van der Waals surface area contributed by atoms with Crippen LogP contribution >= 0.6 is 0 Å². The van der Waals surface area contributed by atoms with Crippen LogP contribution in [0.1, 0.15) is 28.2 Å². The Bertz CT molecular complexity index is 366. The fourth-order valence-corrected chi connectivity index (χ4v) is 1.51. The highest BCUT2D eigenvalue weighted by atomic mass is 16.1. The molecule has 0 spiro atoms. The Labute approximate surface area is 82.7 Å². The number of aldehydes is 1. The summed E-state index contributed by atoms with van der Waals surface area (Å²) in [5, 5.41) is 0. The predicted octanol–water partition coefficient (Wildman–Crippen LogP) is 0.793. The van der Waals surface area contributed by atoms with E-state index in [1.165, 1.54) is 0 Å². The van der Waals surface area contributed by atoms with E-state index in [-0.39, 0.29) is 5.91 Å². The standard InChI is InChI=1S/C10H14N2O2/c1-7-5-9(6-13)8(2)12(7)4-3-10(11)14/h5-6H,3-4H2,1-2H3,(H2,11,14). The first-order chi connectivity index (χ1) is 6.56. The lowest BCUT2D eigenvalue weighted by Crippen LogP contribution is -2.15. The monoisotopic (exact) mass is 194 g/mol. The Balaban J connectivity index is 2.90. The zero-order chi connectivity index (χ0) is 10.7. The zero-order valence-electron chi connectivity index (χ0n) is 8.41. The van der Waals surface area contributed by atoms with Gasteiger partial charge in [0.15, 0.2) is 6.29 Å². The van der Waals surface area contributed by atoms with E-state index in [4.69, 9.17) is 5.73 Å². The molecule has 0 aliphatic rings. The fourth-order valence-electron chi connectivity index (χ4n) is 1.51. The maximum atomic E-state index is 10.6. The van der Waals surface area contributed by atoms with Gasteiger partial charge in [0, 0.05) is 29.9 Å². The maximum absolute atomic E-state index is 10.6. The summed E-state index contributed by atoms with van der Waals surface area (Å²) in [5.41, 5.74) is 7.60. The molecular weight excluding hydrogens is 180 g/mol. The minimum Gasteiger partial charge on any atom is -0.370 e. The highest BCUT2D eigenvalue weighted by Crippen LogP contribution is 2.13. The number of carbonyl (C=O) groups excluding carboxylic acids is 2. The number of amides is 1. The van der Waals surface area contributed by atoms with Crippen LogP contribution in [0.25, 0.3) is 0 Å². The summed E-state index contributed by atoms with van der Waals surface area (Å²) in [6, 6.07) is 1.81. The molecule has 4 nitrogen and oxygen atoms in total. The molecule has 0 aliphatic heterocycles. The van der Waals surface area contributed by atoms with Crippen molar-refractivity contribution in [2.24, 2.45) is 5.73 Å². The molecule has 0 fully saturated rings. The van der Waals surface area contributed by atoms with Crippen molar-refractivity contribution in [1.29, 1.82) is 0 Å². The molecule has 1 rings (SSSR count). The Morgan fingerprint density at radius 2 is 2.21 bits per heavy atom. The lowest BCUT2D eigenvalue weighted by molar-refractivity contribution is -0.118. The molecular formula is C10H14N2O2. The Morgan fingerprint density at radius 1 is 1.57 bits per heavy atom. The molecule has 14 heavy (non-hydrogen) atoms. The van der Waals surface area contributed by atoms with Gasteiger partial charge in [-0.3, -0.25) is 9.59 Å². The van der Waals surface area contributed by atoms with Crippen LogP contribution in [0, 0.1) is 13.8 Å². The molecule has 0 aromatic carbocycles. The number of hydrogen-bond acceptors (Lipinski definition) is 2. The quantitative estimate of drug-likeness (QED) is 0.720. The number of hydrogen-bond donors (Lipinski definition) is 1. The second kappa shape index (κ2) is 4.09.